The number of hydrogen-bond donors (Lipinski definition) is 1. The molecule has 0 atom stereocenters. The van der Waals surface area contributed by atoms with E-state index in [1.165, 1.54) is 12.1 Å². The molecule has 7 heteroatoms. The Morgan fingerprint density at radius 2 is 1.80 bits per heavy atom. The summed E-state index contributed by atoms with van der Waals surface area (Å²) in [4.78, 5) is 13.8. The van der Waals surface area contributed by atoms with Crippen molar-refractivity contribution in [2.24, 2.45) is 0 Å². The first kappa shape index (κ1) is 15.3. The van der Waals surface area contributed by atoms with E-state index in [0.717, 1.165) is 11.3 Å². The van der Waals surface area contributed by atoms with Gasteiger partial charge in [-0.15, -0.1) is 5.10 Å². The lowest BCUT2D eigenvalue weighted by atomic mass is 10.1. The van der Waals surface area contributed by atoms with Gasteiger partial charge in [0.1, 0.15) is 11.5 Å². The summed E-state index contributed by atoms with van der Waals surface area (Å²) in [6, 6.07) is 15.7. The molecule has 4 rings (SSSR count). The third kappa shape index (κ3) is 3.08. The maximum atomic E-state index is 13.6. The molecule has 6 nitrogen and oxygen atoms in total. The monoisotopic (exact) mass is 337 g/mol. The van der Waals surface area contributed by atoms with Crippen molar-refractivity contribution in [1.82, 2.24) is 19.9 Å². The molecule has 1 fully saturated rings. The van der Waals surface area contributed by atoms with E-state index in [2.05, 4.69) is 15.6 Å². The van der Waals surface area contributed by atoms with Crippen LogP contribution in [0, 0.1) is 5.82 Å². The number of halogens is 1. The third-order valence-corrected chi connectivity index (χ3v) is 4.22. The Bertz CT molecular complexity index is 889. The van der Waals surface area contributed by atoms with E-state index in [0.29, 0.717) is 13.1 Å². The fourth-order valence-corrected chi connectivity index (χ4v) is 2.74. The quantitative estimate of drug-likeness (QED) is 0.798. The molecule has 2 heterocycles. The number of likely N-dealkylation sites (tertiary alicyclic amines) is 1. The number of carbonyl (C=O) groups excluding carboxylic acids is 1. The summed E-state index contributed by atoms with van der Waals surface area (Å²) in [7, 11) is 0. The molecule has 126 valence electrons. The van der Waals surface area contributed by atoms with E-state index in [1.54, 1.807) is 21.7 Å². The molecule has 0 bridgehead atoms. The molecule has 2 amide bonds. The fourth-order valence-electron chi connectivity index (χ4n) is 2.74. The second-order valence-corrected chi connectivity index (χ2v) is 5.92. The van der Waals surface area contributed by atoms with Gasteiger partial charge in [-0.25, -0.2) is 13.9 Å². The van der Waals surface area contributed by atoms with Gasteiger partial charge < -0.3 is 10.2 Å². The summed E-state index contributed by atoms with van der Waals surface area (Å²) in [5, 5.41) is 10.9. The molecule has 25 heavy (non-hydrogen) atoms. The van der Waals surface area contributed by atoms with Crippen LogP contribution in [0.2, 0.25) is 0 Å². The molecule has 0 unspecified atom stereocenters. The Labute approximate surface area is 143 Å². The average molecular weight is 337 g/mol. The Balaban J connectivity index is 1.37. The minimum absolute atomic E-state index is 0.0799. The highest BCUT2D eigenvalue weighted by Crippen LogP contribution is 2.24. The smallest absolute Gasteiger partial charge is 0.320 e. The first-order valence-electron chi connectivity index (χ1n) is 7.98. The highest BCUT2D eigenvalue weighted by Gasteiger charge is 2.33. The van der Waals surface area contributed by atoms with Crippen molar-refractivity contribution in [3.63, 3.8) is 0 Å². The van der Waals surface area contributed by atoms with Gasteiger partial charge in [0.15, 0.2) is 0 Å². The molecular weight excluding hydrogens is 321 g/mol. The Morgan fingerprint density at radius 3 is 2.56 bits per heavy atom. The lowest BCUT2D eigenvalue weighted by Crippen LogP contribution is -2.52. The number of para-hydroxylation sites is 1. The first-order chi connectivity index (χ1) is 12.2. The van der Waals surface area contributed by atoms with Gasteiger partial charge in [0.05, 0.1) is 17.9 Å². The second kappa shape index (κ2) is 6.35. The zero-order chi connectivity index (χ0) is 17.2. The molecule has 0 saturated carbocycles. The number of carbonyl (C=O) groups is 1. The average Bonchev–Trinajstić information content (AvgIpc) is 3.06. The standard InChI is InChI=1S/C18H16FN5O/c19-15-8-4-5-9-16(15)20-18(25)23-10-14(11-23)24-12-17(21-22-24)13-6-2-1-3-7-13/h1-9,12,14H,10-11H2,(H,20,25). The van der Waals surface area contributed by atoms with Crippen LogP contribution in [0.3, 0.4) is 0 Å². The van der Waals surface area contributed by atoms with Crippen LogP contribution in [-0.4, -0.2) is 39.0 Å². The molecule has 1 aliphatic heterocycles. The molecule has 3 aromatic rings. The zero-order valence-corrected chi connectivity index (χ0v) is 13.3. The minimum atomic E-state index is -0.447. The molecule has 2 aromatic carbocycles. The summed E-state index contributed by atoms with van der Waals surface area (Å²) in [5.41, 5.74) is 1.99. The molecule has 1 saturated heterocycles. The van der Waals surface area contributed by atoms with Gasteiger partial charge in [0.25, 0.3) is 0 Å². The van der Waals surface area contributed by atoms with Crippen LogP contribution in [0.15, 0.2) is 60.8 Å². The highest BCUT2D eigenvalue weighted by molar-refractivity contribution is 5.90. The molecule has 1 aromatic heterocycles. The number of aromatic nitrogens is 3. The third-order valence-electron chi connectivity index (χ3n) is 4.22. The van der Waals surface area contributed by atoms with Crippen LogP contribution in [0.4, 0.5) is 14.9 Å². The van der Waals surface area contributed by atoms with E-state index in [1.807, 2.05) is 36.5 Å². The van der Waals surface area contributed by atoms with Crippen LogP contribution >= 0.6 is 0 Å². The summed E-state index contributed by atoms with van der Waals surface area (Å²) in [6.07, 6.45) is 1.88. The van der Waals surface area contributed by atoms with E-state index >= 15 is 0 Å². The Morgan fingerprint density at radius 1 is 1.08 bits per heavy atom. The van der Waals surface area contributed by atoms with Gasteiger partial charge in [0.2, 0.25) is 0 Å². The van der Waals surface area contributed by atoms with Gasteiger partial charge >= 0.3 is 6.03 Å². The maximum absolute atomic E-state index is 13.6. The number of amides is 2. The highest BCUT2D eigenvalue weighted by atomic mass is 19.1. The topological polar surface area (TPSA) is 63.1 Å². The summed E-state index contributed by atoms with van der Waals surface area (Å²) in [6.45, 7) is 1.02. The predicted molar refractivity (Wildman–Crippen MR) is 91.5 cm³/mol. The minimum Gasteiger partial charge on any atom is -0.320 e. The number of urea groups is 1. The van der Waals surface area contributed by atoms with Crippen molar-refractivity contribution in [3.05, 3.63) is 66.6 Å². The number of nitrogens with one attached hydrogen (secondary N) is 1. The van der Waals surface area contributed by atoms with Crippen LogP contribution in [-0.2, 0) is 0 Å². The van der Waals surface area contributed by atoms with E-state index < -0.39 is 5.82 Å². The van der Waals surface area contributed by atoms with Crippen molar-refractivity contribution in [2.75, 3.05) is 18.4 Å². The molecule has 0 aliphatic carbocycles. The van der Waals surface area contributed by atoms with Crippen molar-refractivity contribution in [3.8, 4) is 11.3 Å². The van der Waals surface area contributed by atoms with E-state index in [-0.39, 0.29) is 17.8 Å². The number of anilines is 1. The second-order valence-electron chi connectivity index (χ2n) is 5.92. The normalized spacial score (nSPS) is 14.2. The first-order valence-corrected chi connectivity index (χ1v) is 7.98. The van der Waals surface area contributed by atoms with Crippen LogP contribution in [0.5, 0.6) is 0 Å². The molecule has 0 spiro atoms. The molecule has 1 aliphatic rings. The van der Waals surface area contributed by atoms with Crippen LogP contribution < -0.4 is 5.32 Å². The van der Waals surface area contributed by atoms with Crippen LogP contribution in [0.1, 0.15) is 6.04 Å². The molecule has 0 radical (unpaired) electrons. The van der Waals surface area contributed by atoms with Gasteiger partial charge in [-0.05, 0) is 12.1 Å². The fraction of sp³-hybridized carbons (Fsp3) is 0.167. The van der Waals surface area contributed by atoms with Crippen molar-refractivity contribution >= 4 is 11.7 Å². The summed E-state index contributed by atoms with van der Waals surface area (Å²) >= 11 is 0. The van der Waals surface area contributed by atoms with Crippen LogP contribution in [0.25, 0.3) is 11.3 Å². The Kier molecular flexibility index (Phi) is 3.89. The van der Waals surface area contributed by atoms with Crippen molar-refractivity contribution < 1.29 is 9.18 Å². The van der Waals surface area contributed by atoms with Gasteiger partial charge in [-0.2, -0.15) is 0 Å². The number of hydrogen-bond acceptors (Lipinski definition) is 3. The van der Waals surface area contributed by atoms with Gasteiger partial charge in [-0.3, -0.25) is 0 Å². The lowest BCUT2D eigenvalue weighted by molar-refractivity contribution is 0.127. The molecular formula is C18H16FN5O. The zero-order valence-electron chi connectivity index (χ0n) is 13.3. The van der Waals surface area contributed by atoms with E-state index in [9.17, 15) is 9.18 Å². The Hall–Kier alpha value is -3.22. The van der Waals surface area contributed by atoms with Crippen molar-refractivity contribution in [1.29, 1.82) is 0 Å². The lowest BCUT2D eigenvalue weighted by Gasteiger charge is -2.38. The predicted octanol–water partition coefficient (Wildman–Crippen LogP) is 3.17. The summed E-state index contributed by atoms with van der Waals surface area (Å²) in [5.74, 6) is -0.447. The SMILES string of the molecule is O=C(Nc1ccccc1F)N1CC(n2cc(-c3ccccc3)nn2)C1. The van der Waals surface area contributed by atoms with Crippen molar-refractivity contribution in [2.45, 2.75) is 6.04 Å². The number of nitrogens with zero attached hydrogens (tertiary/aromatic N) is 4. The molecule has 1 N–H and O–H groups in total. The number of rotatable bonds is 3. The maximum Gasteiger partial charge on any atom is 0.322 e. The number of benzene rings is 2. The summed E-state index contributed by atoms with van der Waals surface area (Å²) < 4.78 is 15.4. The van der Waals surface area contributed by atoms with Gasteiger partial charge in [-0.1, -0.05) is 47.7 Å². The largest absolute Gasteiger partial charge is 0.322 e. The van der Waals surface area contributed by atoms with Gasteiger partial charge in [0, 0.05) is 18.7 Å². The van der Waals surface area contributed by atoms with E-state index in [4.69, 9.17) is 0 Å².